The van der Waals surface area contributed by atoms with Crippen LogP contribution in [0.5, 0.6) is 23.0 Å². The van der Waals surface area contributed by atoms with Crippen molar-refractivity contribution >= 4 is 72.0 Å². The molecule has 0 fully saturated rings. The number of hydrogen-bond acceptors (Lipinski definition) is 7. The fourth-order valence-electron chi connectivity index (χ4n) is 7.28. The Balaban J connectivity index is 0.000000882. The van der Waals surface area contributed by atoms with Gasteiger partial charge in [-0.2, -0.15) is 0 Å². The van der Waals surface area contributed by atoms with Gasteiger partial charge in [0.25, 0.3) is 11.8 Å². The molecule has 1 N–H and O–H groups in total. The number of hydrogen-bond donors (Lipinski definition) is 1. The summed E-state index contributed by atoms with van der Waals surface area (Å²) in [5.74, 6) is 2.50. The zero-order valence-corrected chi connectivity index (χ0v) is 46.2. The van der Waals surface area contributed by atoms with Gasteiger partial charge in [0.05, 0.1) is 44.0 Å². The first-order chi connectivity index (χ1) is 30.2. The van der Waals surface area contributed by atoms with Gasteiger partial charge in [0.15, 0.2) is 0 Å². The minimum atomic E-state index is -0.967. The van der Waals surface area contributed by atoms with E-state index in [0.29, 0.717) is 60.3 Å². The average molecular weight is 1050 g/mol. The molecule has 0 saturated heterocycles. The number of carbonyl (C=O) groups excluding carboxylic acids is 2. The molecule has 0 spiro atoms. The van der Waals surface area contributed by atoms with Crippen molar-refractivity contribution in [2.75, 3.05) is 28.4 Å². The van der Waals surface area contributed by atoms with Crippen LogP contribution in [0, 0.1) is 4.35 Å². The Morgan fingerprint density at radius 2 is 1.02 bits per heavy atom. The first-order valence-electron chi connectivity index (χ1n) is 22.4. The van der Waals surface area contributed by atoms with E-state index in [2.05, 4.69) is 36.7 Å². The fourth-order valence-corrected chi connectivity index (χ4v) is 18.8. The maximum absolute atomic E-state index is 12.7. The van der Waals surface area contributed by atoms with Gasteiger partial charge in [-0.15, -0.1) is 0 Å². The molecule has 4 aromatic rings. The molecule has 0 aromatic heterocycles. The Kier molecular flexibility index (Phi) is 33.2. The summed E-state index contributed by atoms with van der Waals surface area (Å²) in [6.45, 7) is 17.3. The number of nitrogens with one attached hydrogen (secondary N) is 1. The zero-order chi connectivity index (χ0) is 46.5. The van der Waals surface area contributed by atoms with E-state index in [1.54, 1.807) is 70.0 Å². The van der Waals surface area contributed by atoms with Crippen LogP contribution in [-0.2, 0) is 26.2 Å². The molecule has 2 heterocycles. The molecule has 0 aliphatic carbocycles. The van der Waals surface area contributed by atoms with Crippen molar-refractivity contribution in [2.24, 2.45) is 0 Å². The number of ether oxygens (including phenoxy) is 4. The van der Waals surface area contributed by atoms with Gasteiger partial charge in [-0.3, -0.25) is 9.59 Å². The van der Waals surface area contributed by atoms with E-state index in [1.165, 1.54) is 38.5 Å². The molecule has 13 heteroatoms. The first-order valence-corrected chi connectivity index (χ1v) is 30.7. The van der Waals surface area contributed by atoms with Crippen molar-refractivity contribution in [2.45, 2.75) is 126 Å². The Morgan fingerprint density at radius 3 is 1.43 bits per heavy atom. The number of halogens is 1. The van der Waals surface area contributed by atoms with E-state index in [9.17, 15) is 9.59 Å². The quantitative estimate of drug-likeness (QED) is 0.106. The number of carbonyl (C=O) groups is 2. The molecule has 9 nitrogen and oxygen atoms in total. The predicted octanol–water partition coefficient (Wildman–Crippen LogP) is 12.7. The number of benzene rings is 4. The Labute approximate surface area is 406 Å². The van der Waals surface area contributed by atoms with Gasteiger partial charge in [0.2, 0.25) is 0 Å². The molecule has 4 aromatic carbocycles. The fraction of sp³-hybridized carbons (Fsp3) is 0.480. The van der Waals surface area contributed by atoms with E-state index in [-0.39, 0.29) is 20.2 Å². The minimum absolute atomic E-state index is 0. The van der Waals surface area contributed by atoms with Crippen LogP contribution in [0.25, 0.3) is 0 Å². The number of rotatable bonds is 17. The van der Waals surface area contributed by atoms with Crippen molar-refractivity contribution in [1.29, 1.82) is 4.35 Å². The molecule has 6 rings (SSSR count). The second kappa shape index (κ2) is 35.0. The number of methoxy groups -OCH3 is 4. The van der Waals surface area contributed by atoms with Crippen molar-refractivity contribution < 1.29 is 28.5 Å². The molecule has 2 amide bonds. The van der Waals surface area contributed by atoms with Crippen molar-refractivity contribution in [1.82, 2.24) is 9.80 Å². The normalized spacial score (nSPS) is 11.6. The molecule has 2 aliphatic heterocycles. The first kappa shape index (κ1) is 59.7. The van der Waals surface area contributed by atoms with Gasteiger partial charge in [-0.1, -0.05) is 88.4 Å². The molecule has 2 aliphatic rings. The van der Waals surface area contributed by atoms with E-state index in [0.717, 1.165) is 26.7 Å². The SMILES string of the molecule is CC.CC.CCC[CH2][SnH]([CH2]CCC)[CH2]CCC.COc1cc(OC)c2c(c1Br)CN(Cc1ccccc1)C2=O.COc1cc2c(c(OC)c1)C(=O)N(Cc1ccccc1)C2.[B].[NH]=[Al]. The molecule has 0 saturated carbocycles. The summed E-state index contributed by atoms with van der Waals surface area (Å²) in [5, 5.41) is 0. The number of nitrogens with zero attached hydrogens (tertiary/aromatic N) is 2. The van der Waals surface area contributed by atoms with Gasteiger partial charge >= 0.3 is 113 Å². The van der Waals surface area contributed by atoms with E-state index in [4.69, 9.17) is 23.3 Å². The van der Waals surface area contributed by atoms with Crippen LogP contribution >= 0.6 is 15.9 Å². The molecule has 0 atom stereocenters. The van der Waals surface area contributed by atoms with Crippen LogP contribution in [0.3, 0.4) is 0 Å². The van der Waals surface area contributed by atoms with Crippen molar-refractivity contribution in [3.05, 3.63) is 117 Å². The predicted molar refractivity (Wildman–Crippen MR) is 270 cm³/mol. The van der Waals surface area contributed by atoms with Gasteiger partial charge in [0.1, 0.15) is 23.0 Å². The maximum atomic E-state index is 12.7. The van der Waals surface area contributed by atoms with Crippen LogP contribution in [0.2, 0.25) is 13.3 Å². The Morgan fingerprint density at radius 1 is 0.603 bits per heavy atom. The number of amides is 2. The van der Waals surface area contributed by atoms with Gasteiger partial charge < -0.3 is 28.7 Å². The molecule has 0 unspecified atom stereocenters. The second-order valence-corrected chi connectivity index (χ2v) is 25.1. The second-order valence-electron chi connectivity index (χ2n) is 14.4. The van der Waals surface area contributed by atoms with Gasteiger partial charge in [-0.25, -0.2) is 0 Å². The van der Waals surface area contributed by atoms with Crippen LogP contribution in [0.15, 0.2) is 83.3 Å². The zero-order valence-electron chi connectivity index (χ0n) is 40.2. The molecule has 342 valence electrons. The summed E-state index contributed by atoms with van der Waals surface area (Å²) in [7, 11) is 6.35. The summed E-state index contributed by atoms with van der Waals surface area (Å²) in [4.78, 5) is 28.9. The number of unbranched alkanes of at least 4 members (excludes halogenated alkanes) is 3. The number of fused-ring (bicyclic) bond motifs is 2. The summed E-state index contributed by atoms with van der Waals surface area (Å²) in [6, 6.07) is 25.3. The third-order valence-corrected chi connectivity index (χ3v) is 21.7. The standard InChI is InChI=1S/C17H16BrNO3.C17H17NO3.3C4H9.2C2H6.Al.B.HN.Sn.H/c1-21-13-8-14(22-2)16(18)12-10-19(17(20)15(12)13)9-11-6-4-3-5-7-11;1-20-14-8-13-11-18(10-12-6-4-3-5-7-12)17(19)16(13)15(9-14)21-2;3*1-3-4-2;2*1-2;;;;;/h3-8H,9-10H2,1-2H3;3-9H,10-11H2,1-2H3;3*1,3-4H2,2H3;2*1-2H3;;;1H;;. The monoisotopic (exact) mass is 1050 g/mol. The topological polar surface area (TPSA) is 101 Å². The molecular formula is C50H74AlBBrN3O6Sn. The molecule has 63 heavy (non-hydrogen) atoms. The van der Waals surface area contributed by atoms with Crippen LogP contribution < -0.4 is 18.9 Å². The summed E-state index contributed by atoms with van der Waals surface area (Å²) in [5.41, 5.74) is 5.35. The van der Waals surface area contributed by atoms with Crippen molar-refractivity contribution in [3.63, 3.8) is 0 Å². The Hall–Kier alpha value is -3.30. The molecule has 4 radical (unpaired) electrons. The average Bonchev–Trinajstić information content (AvgIpc) is 3.83. The Bertz CT molecular complexity index is 1860. The van der Waals surface area contributed by atoms with Crippen LogP contribution in [0.1, 0.15) is 130 Å². The third kappa shape index (κ3) is 18.6. The third-order valence-electron chi connectivity index (χ3n) is 10.4. The summed E-state index contributed by atoms with van der Waals surface area (Å²) >= 11 is 4.24. The summed E-state index contributed by atoms with van der Waals surface area (Å²) < 4.78 is 32.9. The molecule has 0 bridgehead atoms. The molecular weight excluding hydrogens is 975 g/mol. The summed E-state index contributed by atoms with van der Waals surface area (Å²) in [6.07, 6.45) is 8.87. The van der Waals surface area contributed by atoms with E-state index >= 15 is 0 Å². The van der Waals surface area contributed by atoms with E-state index in [1.807, 2.05) is 104 Å². The van der Waals surface area contributed by atoms with Gasteiger partial charge in [-0.05, 0) is 38.7 Å². The van der Waals surface area contributed by atoms with E-state index < -0.39 is 19.8 Å². The van der Waals surface area contributed by atoms with Crippen LogP contribution in [-0.4, -0.2) is 94.3 Å². The van der Waals surface area contributed by atoms with Crippen molar-refractivity contribution in [3.8, 4) is 23.0 Å². The van der Waals surface area contributed by atoms with Gasteiger partial charge in [0, 0.05) is 52.3 Å². The van der Waals surface area contributed by atoms with Crippen LogP contribution in [0.4, 0.5) is 0 Å².